The van der Waals surface area contributed by atoms with Gasteiger partial charge in [0.05, 0.1) is 11.6 Å². The lowest BCUT2D eigenvalue weighted by molar-refractivity contribution is -0.140. The third-order valence-electron chi connectivity index (χ3n) is 4.63. The van der Waals surface area contributed by atoms with Gasteiger partial charge in [0.15, 0.2) is 11.7 Å². The topological polar surface area (TPSA) is 52.6 Å². The summed E-state index contributed by atoms with van der Waals surface area (Å²) in [4.78, 5) is 10.9. The standard InChI is InChI=1S/C18H30F3N5S.HI/c1-4-22-17(24-11-14(13(2)3)26-9-5-6-10-26)23-8-7-16-25-15(12-27-16)18(19,20)21;/h12-14H,4-11H2,1-3H3,(H2,22,23,24);1H. The van der Waals surface area contributed by atoms with Crippen LogP contribution in [0, 0.1) is 5.92 Å². The minimum absolute atomic E-state index is 0. The van der Waals surface area contributed by atoms with Gasteiger partial charge in [-0.15, -0.1) is 35.3 Å². The summed E-state index contributed by atoms with van der Waals surface area (Å²) in [5.41, 5.74) is -0.812. The molecule has 1 aromatic rings. The number of likely N-dealkylation sites (tertiary alicyclic amines) is 1. The first-order valence-corrected chi connectivity index (χ1v) is 10.5. The molecule has 2 heterocycles. The van der Waals surface area contributed by atoms with E-state index in [2.05, 4.69) is 34.4 Å². The van der Waals surface area contributed by atoms with Crippen molar-refractivity contribution in [2.45, 2.75) is 52.3 Å². The molecule has 2 rings (SSSR count). The number of hydrogen-bond acceptors (Lipinski definition) is 4. The van der Waals surface area contributed by atoms with Gasteiger partial charge < -0.3 is 10.6 Å². The Morgan fingerprint density at radius 3 is 2.50 bits per heavy atom. The molecule has 0 aliphatic carbocycles. The predicted octanol–water partition coefficient (Wildman–Crippen LogP) is 4.00. The number of guanidine groups is 1. The number of aliphatic imine (C=N–C) groups is 1. The van der Waals surface area contributed by atoms with Crippen LogP contribution in [-0.4, -0.2) is 54.6 Å². The van der Waals surface area contributed by atoms with E-state index in [9.17, 15) is 13.2 Å². The van der Waals surface area contributed by atoms with E-state index in [0.717, 1.165) is 36.4 Å². The molecular formula is C18H31F3IN5S. The minimum Gasteiger partial charge on any atom is -0.357 e. The van der Waals surface area contributed by atoms with E-state index >= 15 is 0 Å². The molecule has 1 unspecified atom stereocenters. The van der Waals surface area contributed by atoms with E-state index in [4.69, 9.17) is 4.99 Å². The third kappa shape index (κ3) is 8.02. The van der Waals surface area contributed by atoms with E-state index in [-0.39, 0.29) is 24.0 Å². The maximum Gasteiger partial charge on any atom is 0.434 e. The zero-order chi connectivity index (χ0) is 19.9. The third-order valence-corrected chi connectivity index (χ3v) is 5.54. The van der Waals surface area contributed by atoms with Gasteiger partial charge in [-0.3, -0.25) is 9.89 Å². The van der Waals surface area contributed by atoms with Crippen molar-refractivity contribution in [1.29, 1.82) is 0 Å². The predicted molar refractivity (Wildman–Crippen MR) is 120 cm³/mol. The summed E-state index contributed by atoms with van der Waals surface area (Å²) in [7, 11) is 0. The highest BCUT2D eigenvalue weighted by atomic mass is 127. The molecule has 2 N–H and O–H groups in total. The Kier molecular flexibility index (Phi) is 11.0. The minimum atomic E-state index is -4.38. The molecule has 0 aromatic carbocycles. The second-order valence-corrected chi connectivity index (χ2v) is 8.02. The Hall–Kier alpha value is -0.620. The average molecular weight is 533 g/mol. The van der Waals surface area contributed by atoms with Gasteiger partial charge in [0.1, 0.15) is 0 Å². The van der Waals surface area contributed by atoms with Gasteiger partial charge in [0.25, 0.3) is 0 Å². The molecule has 1 saturated heterocycles. The Morgan fingerprint density at radius 1 is 1.29 bits per heavy atom. The van der Waals surface area contributed by atoms with Crippen LogP contribution in [0.5, 0.6) is 0 Å². The number of rotatable bonds is 8. The van der Waals surface area contributed by atoms with Crippen LogP contribution < -0.4 is 10.6 Å². The molecule has 28 heavy (non-hydrogen) atoms. The van der Waals surface area contributed by atoms with Crippen LogP contribution >= 0.6 is 35.3 Å². The van der Waals surface area contributed by atoms with Crippen molar-refractivity contribution in [3.8, 4) is 0 Å². The first kappa shape index (κ1) is 25.4. The van der Waals surface area contributed by atoms with E-state index in [1.165, 1.54) is 12.8 Å². The molecule has 1 fully saturated rings. The van der Waals surface area contributed by atoms with Gasteiger partial charge in [-0.05, 0) is 38.8 Å². The lowest BCUT2D eigenvalue weighted by atomic mass is 10.0. The van der Waals surface area contributed by atoms with E-state index < -0.39 is 11.9 Å². The molecule has 0 spiro atoms. The number of nitrogens with zero attached hydrogens (tertiary/aromatic N) is 3. The van der Waals surface area contributed by atoms with Crippen LogP contribution in [0.4, 0.5) is 13.2 Å². The van der Waals surface area contributed by atoms with Gasteiger partial charge in [0, 0.05) is 30.9 Å². The van der Waals surface area contributed by atoms with Crippen molar-refractivity contribution < 1.29 is 13.2 Å². The lowest BCUT2D eigenvalue weighted by Gasteiger charge is -2.29. The summed E-state index contributed by atoms with van der Waals surface area (Å²) < 4.78 is 37.9. The molecule has 1 aliphatic rings. The molecule has 162 valence electrons. The maximum atomic E-state index is 12.6. The molecule has 0 bridgehead atoms. The van der Waals surface area contributed by atoms with Crippen LogP contribution in [0.1, 0.15) is 44.3 Å². The average Bonchev–Trinajstić information content (AvgIpc) is 3.26. The Labute approximate surface area is 186 Å². The summed E-state index contributed by atoms with van der Waals surface area (Å²) in [6.07, 6.45) is -1.44. The molecule has 0 saturated carbocycles. The van der Waals surface area contributed by atoms with Crippen molar-refractivity contribution in [2.75, 3.05) is 32.7 Å². The van der Waals surface area contributed by atoms with Gasteiger partial charge in [-0.1, -0.05) is 13.8 Å². The SMILES string of the molecule is CCNC(=NCC(C(C)C)N1CCCC1)NCCc1nc(C(F)(F)F)cs1.I. The fourth-order valence-electron chi connectivity index (χ4n) is 3.19. The molecule has 1 aliphatic heterocycles. The number of thiazole rings is 1. The second-order valence-electron chi connectivity index (χ2n) is 7.08. The lowest BCUT2D eigenvalue weighted by Crippen LogP contribution is -2.42. The quantitative estimate of drug-likeness (QED) is 0.302. The highest BCUT2D eigenvalue weighted by Gasteiger charge is 2.33. The molecule has 0 radical (unpaired) electrons. The van der Waals surface area contributed by atoms with Crippen LogP contribution in [0.3, 0.4) is 0 Å². The highest BCUT2D eigenvalue weighted by Crippen LogP contribution is 2.30. The van der Waals surface area contributed by atoms with Crippen molar-refractivity contribution in [3.63, 3.8) is 0 Å². The monoisotopic (exact) mass is 533 g/mol. The summed E-state index contributed by atoms with van der Waals surface area (Å²) in [5, 5.41) is 7.96. The van der Waals surface area contributed by atoms with Crippen LogP contribution in [0.25, 0.3) is 0 Å². The second kappa shape index (κ2) is 12.2. The number of hydrogen-bond donors (Lipinski definition) is 2. The maximum absolute atomic E-state index is 12.6. The van der Waals surface area contributed by atoms with Crippen LogP contribution in [0.2, 0.25) is 0 Å². The normalized spacial score (nSPS) is 16.9. The largest absolute Gasteiger partial charge is 0.434 e. The highest BCUT2D eigenvalue weighted by molar-refractivity contribution is 14.0. The Morgan fingerprint density at radius 2 is 1.96 bits per heavy atom. The number of aromatic nitrogens is 1. The summed E-state index contributed by atoms with van der Waals surface area (Å²) in [5.74, 6) is 1.22. The first-order chi connectivity index (χ1) is 12.8. The Bertz CT molecular complexity index is 600. The van der Waals surface area contributed by atoms with Gasteiger partial charge >= 0.3 is 6.18 Å². The van der Waals surface area contributed by atoms with E-state index in [0.29, 0.717) is 42.4 Å². The molecule has 0 amide bonds. The van der Waals surface area contributed by atoms with Crippen LogP contribution in [-0.2, 0) is 12.6 Å². The molecule has 5 nitrogen and oxygen atoms in total. The van der Waals surface area contributed by atoms with Crippen molar-refractivity contribution in [2.24, 2.45) is 10.9 Å². The van der Waals surface area contributed by atoms with E-state index in [1.807, 2.05) is 6.92 Å². The molecular weight excluding hydrogens is 502 g/mol. The van der Waals surface area contributed by atoms with Gasteiger partial charge in [-0.25, -0.2) is 4.98 Å². The molecule has 1 atom stereocenters. The van der Waals surface area contributed by atoms with Crippen molar-refractivity contribution in [1.82, 2.24) is 20.5 Å². The molecule has 10 heteroatoms. The van der Waals surface area contributed by atoms with Crippen molar-refractivity contribution in [3.05, 3.63) is 16.1 Å². The molecule has 1 aromatic heterocycles. The van der Waals surface area contributed by atoms with Gasteiger partial charge in [0.2, 0.25) is 0 Å². The first-order valence-electron chi connectivity index (χ1n) is 9.59. The number of nitrogens with one attached hydrogen (secondary N) is 2. The summed E-state index contributed by atoms with van der Waals surface area (Å²) in [6.45, 7) is 10.6. The summed E-state index contributed by atoms with van der Waals surface area (Å²) in [6, 6.07) is 0.413. The van der Waals surface area contributed by atoms with Crippen molar-refractivity contribution >= 4 is 41.3 Å². The Balaban J connectivity index is 0.00000392. The fraction of sp³-hybridized carbons (Fsp3) is 0.778. The van der Waals surface area contributed by atoms with Crippen LogP contribution in [0.15, 0.2) is 10.4 Å². The smallest absolute Gasteiger partial charge is 0.357 e. The zero-order valence-corrected chi connectivity index (χ0v) is 19.8. The van der Waals surface area contributed by atoms with E-state index in [1.54, 1.807) is 0 Å². The number of halogens is 4. The van der Waals surface area contributed by atoms with Gasteiger partial charge in [-0.2, -0.15) is 13.2 Å². The number of alkyl halides is 3. The fourth-order valence-corrected chi connectivity index (χ4v) is 4.00. The summed E-state index contributed by atoms with van der Waals surface area (Å²) >= 11 is 1.04. The zero-order valence-electron chi connectivity index (χ0n) is 16.7.